The van der Waals surface area contributed by atoms with Crippen molar-refractivity contribution in [3.8, 4) is 0 Å². The van der Waals surface area contributed by atoms with Crippen LogP contribution < -0.4 is 27.4 Å². The standard InChI is InChI=1S/C19H35N5O6S2/c1-4-10(2)15(19(29)30)24-17(27)12(7-8-32-3)22-18(28)13(9-31)23-16(26)11(20)5-6-14(21)25/h10-13,15,31H,4-9,20H2,1-3H3,(H2,21,25)(H,22,28)(H,23,26)(H,24,27)(H,29,30). The number of primary amides is 1. The molecule has 0 aliphatic heterocycles. The Morgan fingerprint density at radius 1 is 1.00 bits per heavy atom. The van der Waals surface area contributed by atoms with Gasteiger partial charge in [-0.3, -0.25) is 19.2 Å². The molecule has 5 atom stereocenters. The maximum Gasteiger partial charge on any atom is 0.326 e. The minimum absolute atomic E-state index is 0.0209. The highest BCUT2D eigenvalue weighted by molar-refractivity contribution is 7.98. The lowest BCUT2D eigenvalue weighted by Gasteiger charge is -2.26. The molecule has 11 nitrogen and oxygen atoms in total. The summed E-state index contributed by atoms with van der Waals surface area (Å²) in [6.45, 7) is 3.52. The number of carboxylic acid groups (broad SMARTS) is 1. The van der Waals surface area contributed by atoms with Crippen LogP contribution in [0, 0.1) is 5.92 Å². The average molecular weight is 494 g/mol. The van der Waals surface area contributed by atoms with Gasteiger partial charge in [0, 0.05) is 12.2 Å². The van der Waals surface area contributed by atoms with Crippen molar-refractivity contribution >= 4 is 54.0 Å². The van der Waals surface area contributed by atoms with Gasteiger partial charge in [-0.25, -0.2) is 4.79 Å². The molecule has 0 rings (SSSR count). The third kappa shape index (κ3) is 11.0. The first kappa shape index (κ1) is 30.0. The molecule has 5 unspecified atom stereocenters. The first-order chi connectivity index (χ1) is 15.0. The molecule has 0 aromatic rings. The van der Waals surface area contributed by atoms with Gasteiger partial charge in [0.15, 0.2) is 0 Å². The Bertz CT molecular complexity index is 666. The molecule has 8 N–H and O–H groups in total. The summed E-state index contributed by atoms with van der Waals surface area (Å²) in [4.78, 5) is 60.0. The highest BCUT2D eigenvalue weighted by Gasteiger charge is 2.31. The number of thiol groups is 1. The number of nitrogens with two attached hydrogens (primary N) is 2. The molecule has 0 aliphatic carbocycles. The Hall–Kier alpha value is -1.99. The largest absolute Gasteiger partial charge is 0.480 e. The zero-order valence-electron chi connectivity index (χ0n) is 18.6. The van der Waals surface area contributed by atoms with Gasteiger partial charge < -0.3 is 32.5 Å². The second-order valence-electron chi connectivity index (χ2n) is 7.41. The second-order valence-corrected chi connectivity index (χ2v) is 8.76. The maximum atomic E-state index is 12.7. The van der Waals surface area contributed by atoms with E-state index in [1.165, 1.54) is 11.8 Å². The molecule has 184 valence electrons. The van der Waals surface area contributed by atoms with E-state index in [4.69, 9.17) is 11.5 Å². The summed E-state index contributed by atoms with van der Waals surface area (Å²) in [5, 5.41) is 16.9. The number of hydrogen-bond acceptors (Lipinski definition) is 8. The monoisotopic (exact) mass is 493 g/mol. The molecule has 0 aromatic heterocycles. The fourth-order valence-electron chi connectivity index (χ4n) is 2.62. The van der Waals surface area contributed by atoms with Crippen LogP contribution in [0.3, 0.4) is 0 Å². The van der Waals surface area contributed by atoms with Crippen LogP contribution in [0.2, 0.25) is 0 Å². The van der Waals surface area contributed by atoms with Gasteiger partial charge in [-0.2, -0.15) is 24.4 Å². The summed E-state index contributed by atoms with van der Waals surface area (Å²) in [5.41, 5.74) is 10.8. The van der Waals surface area contributed by atoms with Crippen LogP contribution >= 0.6 is 24.4 Å². The number of carbonyl (C=O) groups is 5. The summed E-state index contributed by atoms with van der Waals surface area (Å²) in [5.74, 6) is -3.54. The number of thioether (sulfide) groups is 1. The van der Waals surface area contributed by atoms with Crippen LogP contribution in [-0.4, -0.2) is 76.6 Å². The summed E-state index contributed by atoms with van der Waals surface area (Å²) >= 11 is 5.54. The predicted molar refractivity (Wildman–Crippen MR) is 126 cm³/mol. The van der Waals surface area contributed by atoms with Gasteiger partial charge in [0.2, 0.25) is 23.6 Å². The topological polar surface area (TPSA) is 194 Å². The molecule has 13 heteroatoms. The summed E-state index contributed by atoms with van der Waals surface area (Å²) < 4.78 is 0. The van der Waals surface area contributed by atoms with E-state index in [0.717, 1.165) is 0 Å². The highest BCUT2D eigenvalue weighted by atomic mass is 32.2. The zero-order chi connectivity index (χ0) is 24.8. The molecule has 0 saturated heterocycles. The molecule has 32 heavy (non-hydrogen) atoms. The molecule has 0 radical (unpaired) electrons. The molecule has 0 aromatic carbocycles. The van der Waals surface area contributed by atoms with Gasteiger partial charge in [0.1, 0.15) is 18.1 Å². The van der Waals surface area contributed by atoms with Crippen LogP contribution in [-0.2, 0) is 24.0 Å². The van der Waals surface area contributed by atoms with Gasteiger partial charge in [0.25, 0.3) is 0 Å². The number of aliphatic carboxylic acids is 1. The summed E-state index contributed by atoms with van der Waals surface area (Å²) in [6, 6.07) is -4.21. The Kier molecular flexibility index (Phi) is 14.8. The van der Waals surface area contributed by atoms with E-state index >= 15 is 0 Å². The minimum Gasteiger partial charge on any atom is -0.480 e. The van der Waals surface area contributed by atoms with Crippen LogP contribution in [0.5, 0.6) is 0 Å². The van der Waals surface area contributed by atoms with Gasteiger partial charge in [-0.1, -0.05) is 20.3 Å². The molecule has 0 saturated carbocycles. The van der Waals surface area contributed by atoms with E-state index in [0.29, 0.717) is 12.2 Å². The van der Waals surface area contributed by atoms with Crippen molar-refractivity contribution in [2.24, 2.45) is 17.4 Å². The quantitative estimate of drug-likeness (QED) is 0.131. The Morgan fingerprint density at radius 2 is 1.56 bits per heavy atom. The van der Waals surface area contributed by atoms with Crippen molar-refractivity contribution in [2.75, 3.05) is 17.8 Å². The number of carbonyl (C=O) groups excluding carboxylic acids is 4. The molecule has 0 bridgehead atoms. The van der Waals surface area contributed by atoms with Crippen molar-refractivity contribution < 1.29 is 29.1 Å². The van der Waals surface area contributed by atoms with Crippen molar-refractivity contribution in [1.29, 1.82) is 0 Å². The van der Waals surface area contributed by atoms with Gasteiger partial charge in [0.05, 0.1) is 6.04 Å². The highest BCUT2D eigenvalue weighted by Crippen LogP contribution is 2.10. The van der Waals surface area contributed by atoms with Crippen molar-refractivity contribution in [3.05, 3.63) is 0 Å². The molecular weight excluding hydrogens is 458 g/mol. The van der Waals surface area contributed by atoms with Crippen LogP contribution in [0.25, 0.3) is 0 Å². The molecule has 0 aliphatic rings. The van der Waals surface area contributed by atoms with Gasteiger partial charge in [-0.05, 0) is 30.8 Å². The third-order valence-electron chi connectivity index (χ3n) is 4.87. The fraction of sp³-hybridized carbons (Fsp3) is 0.737. The molecule has 0 heterocycles. The molecular formula is C19H35N5O6S2. The van der Waals surface area contributed by atoms with E-state index in [2.05, 4.69) is 28.6 Å². The van der Waals surface area contributed by atoms with Crippen molar-refractivity contribution in [3.63, 3.8) is 0 Å². The number of hydrogen-bond donors (Lipinski definition) is 7. The minimum atomic E-state index is -1.16. The van der Waals surface area contributed by atoms with E-state index in [9.17, 15) is 29.1 Å². The Balaban J connectivity index is 5.22. The summed E-state index contributed by atoms with van der Waals surface area (Å²) in [7, 11) is 0. The average Bonchev–Trinajstić information content (AvgIpc) is 2.75. The first-order valence-corrected chi connectivity index (χ1v) is 12.3. The van der Waals surface area contributed by atoms with Crippen molar-refractivity contribution in [2.45, 2.75) is 63.7 Å². The fourth-order valence-corrected chi connectivity index (χ4v) is 3.34. The van der Waals surface area contributed by atoms with Crippen LogP contribution in [0.15, 0.2) is 0 Å². The normalized spacial score (nSPS) is 15.5. The first-order valence-electron chi connectivity index (χ1n) is 10.3. The third-order valence-corrected chi connectivity index (χ3v) is 5.88. The maximum absolute atomic E-state index is 12.7. The molecule has 0 spiro atoms. The summed E-state index contributed by atoms with van der Waals surface area (Å²) in [6.07, 6.45) is 2.58. The lowest BCUT2D eigenvalue weighted by atomic mass is 9.98. The smallest absolute Gasteiger partial charge is 0.326 e. The predicted octanol–water partition coefficient (Wildman–Crippen LogP) is -1.15. The SMILES string of the molecule is CCC(C)C(NC(=O)C(CCSC)NC(=O)C(CS)NC(=O)C(N)CCC(N)=O)C(=O)O. The van der Waals surface area contributed by atoms with Crippen molar-refractivity contribution in [1.82, 2.24) is 16.0 Å². The van der Waals surface area contributed by atoms with Crippen LogP contribution in [0.4, 0.5) is 0 Å². The van der Waals surface area contributed by atoms with Crippen LogP contribution in [0.1, 0.15) is 39.5 Å². The van der Waals surface area contributed by atoms with E-state index in [-0.39, 0.29) is 30.9 Å². The number of rotatable bonds is 16. The molecule has 0 fully saturated rings. The zero-order valence-corrected chi connectivity index (χ0v) is 20.3. The lowest BCUT2D eigenvalue weighted by molar-refractivity contribution is -0.143. The van der Waals surface area contributed by atoms with E-state index < -0.39 is 53.8 Å². The Labute approximate surface area is 198 Å². The second kappa shape index (κ2) is 15.8. The lowest BCUT2D eigenvalue weighted by Crippen LogP contribution is -2.58. The Morgan fingerprint density at radius 3 is 2.03 bits per heavy atom. The van der Waals surface area contributed by atoms with Gasteiger partial charge in [-0.15, -0.1) is 0 Å². The molecule has 4 amide bonds. The van der Waals surface area contributed by atoms with Gasteiger partial charge >= 0.3 is 5.97 Å². The van der Waals surface area contributed by atoms with E-state index in [1.807, 2.05) is 13.2 Å². The number of carboxylic acids is 1. The van der Waals surface area contributed by atoms with E-state index in [1.54, 1.807) is 6.92 Å². The number of nitrogens with one attached hydrogen (secondary N) is 3. The number of amides is 4.